The summed E-state index contributed by atoms with van der Waals surface area (Å²) in [6, 6.07) is 21.4. The topological polar surface area (TPSA) is 23.5 Å². The van der Waals surface area contributed by atoms with E-state index >= 15 is 0 Å². The summed E-state index contributed by atoms with van der Waals surface area (Å²) < 4.78 is 0. The Bertz CT molecular complexity index is 470. The molecule has 124 valence electrons. The lowest BCUT2D eigenvalue weighted by Crippen LogP contribution is -2.24. The van der Waals surface area contributed by atoms with Gasteiger partial charge in [0, 0.05) is 19.7 Å². The van der Waals surface area contributed by atoms with Gasteiger partial charge in [-0.3, -0.25) is 4.90 Å². The summed E-state index contributed by atoms with van der Waals surface area (Å²) in [6.45, 7) is 3.47. The number of unbranched alkanes of at least 4 members (excludes halogenated alkanes) is 4. The van der Waals surface area contributed by atoms with Crippen molar-refractivity contribution in [3.63, 3.8) is 0 Å². The van der Waals surface area contributed by atoms with Gasteiger partial charge in [-0.25, -0.2) is 0 Å². The number of nitrogens with zero attached hydrogens (tertiary/aromatic N) is 1. The minimum absolute atomic E-state index is 0.328. The molecule has 0 atom stereocenters. The molecule has 0 aromatic heterocycles. The van der Waals surface area contributed by atoms with Gasteiger partial charge in [-0.15, -0.1) is 0 Å². The van der Waals surface area contributed by atoms with Gasteiger partial charge in [-0.2, -0.15) is 0 Å². The zero-order valence-corrected chi connectivity index (χ0v) is 14.0. The molecule has 0 spiro atoms. The van der Waals surface area contributed by atoms with Crippen molar-refractivity contribution < 1.29 is 5.11 Å². The van der Waals surface area contributed by atoms with Crippen molar-refractivity contribution in [1.82, 2.24) is 4.90 Å². The first-order valence-corrected chi connectivity index (χ1v) is 8.79. The van der Waals surface area contributed by atoms with Gasteiger partial charge in [0.1, 0.15) is 0 Å². The maximum Gasteiger partial charge on any atom is 0.0431 e. The van der Waals surface area contributed by atoms with Gasteiger partial charge in [0.2, 0.25) is 0 Å². The van der Waals surface area contributed by atoms with E-state index in [0.29, 0.717) is 6.61 Å². The first-order chi connectivity index (χ1) is 11.4. The van der Waals surface area contributed by atoms with Crippen molar-refractivity contribution in [2.75, 3.05) is 13.2 Å². The summed E-state index contributed by atoms with van der Waals surface area (Å²) >= 11 is 0. The van der Waals surface area contributed by atoms with Crippen LogP contribution in [0.1, 0.15) is 43.2 Å². The molecule has 0 saturated heterocycles. The molecule has 2 aromatic rings. The van der Waals surface area contributed by atoms with Gasteiger partial charge >= 0.3 is 0 Å². The smallest absolute Gasteiger partial charge is 0.0431 e. The number of aliphatic hydroxyl groups excluding tert-OH is 1. The predicted molar refractivity (Wildman–Crippen MR) is 97.2 cm³/mol. The molecule has 2 aromatic carbocycles. The minimum Gasteiger partial charge on any atom is -0.396 e. The monoisotopic (exact) mass is 311 g/mol. The molecule has 0 aliphatic rings. The molecule has 0 aliphatic carbocycles. The van der Waals surface area contributed by atoms with Crippen molar-refractivity contribution in [2.45, 2.75) is 45.2 Å². The highest BCUT2D eigenvalue weighted by Crippen LogP contribution is 2.12. The molecule has 0 radical (unpaired) electrons. The second-order valence-electron chi connectivity index (χ2n) is 6.17. The van der Waals surface area contributed by atoms with E-state index in [1.54, 1.807) is 0 Å². The standard InChI is InChI=1S/C21H29NO/c23-17-11-3-1-2-10-16-22(18-20-12-6-4-7-13-20)19-21-14-8-5-9-15-21/h4-9,12-15,23H,1-3,10-11,16-19H2. The van der Waals surface area contributed by atoms with E-state index in [9.17, 15) is 0 Å². The van der Waals surface area contributed by atoms with E-state index in [-0.39, 0.29) is 0 Å². The molecule has 23 heavy (non-hydrogen) atoms. The first-order valence-electron chi connectivity index (χ1n) is 8.79. The zero-order chi connectivity index (χ0) is 16.2. The molecule has 0 heterocycles. The third kappa shape index (κ3) is 7.45. The Morgan fingerprint density at radius 1 is 0.609 bits per heavy atom. The Morgan fingerprint density at radius 3 is 1.61 bits per heavy atom. The molecule has 2 nitrogen and oxygen atoms in total. The molecule has 0 unspecified atom stereocenters. The fraction of sp³-hybridized carbons (Fsp3) is 0.429. The summed E-state index contributed by atoms with van der Waals surface area (Å²) in [4.78, 5) is 2.54. The Hall–Kier alpha value is -1.64. The maximum absolute atomic E-state index is 8.83. The van der Waals surface area contributed by atoms with Crippen LogP contribution < -0.4 is 0 Å². The lowest BCUT2D eigenvalue weighted by Gasteiger charge is -2.22. The van der Waals surface area contributed by atoms with Crippen molar-refractivity contribution in [3.05, 3.63) is 71.8 Å². The van der Waals surface area contributed by atoms with Crippen LogP contribution in [0.25, 0.3) is 0 Å². The quantitative estimate of drug-likeness (QED) is 0.612. The fourth-order valence-electron chi connectivity index (χ4n) is 2.87. The average molecular weight is 311 g/mol. The molecule has 2 rings (SSSR count). The van der Waals surface area contributed by atoms with Crippen molar-refractivity contribution in [3.8, 4) is 0 Å². The van der Waals surface area contributed by atoms with Crippen LogP contribution in [-0.2, 0) is 13.1 Å². The van der Waals surface area contributed by atoms with Crippen LogP contribution in [-0.4, -0.2) is 23.2 Å². The predicted octanol–water partition coefficient (Wildman–Crippen LogP) is 4.63. The van der Waals surface area contributed by atoms with E-state index in [0.717, 1.165) is 32.5 Å². The largest absolute Gasteiger partial charge is 0.396 e. The zero-order valence-electron chi connectivity index (χ0n) is 14.0. The molecule has 0 aliphatic heterocycles. The SMILES string of the molecule is OCCCCCCCN(Cc1ccccc1)Cc1ccccc1. The lowest BCUT2D eigenvalue weighted by molar-refractivity contribution is 0.248. The van der Waals surface area contributed by atoms with Crippen molar-refractivity contribution in [1.29, 1.82) is 0 Å². The number of benzene rings is 2. The van der Waals surface area contributed by atoms with E-state index in [4.69, 9.17) is 5.11 Å². The van der Waals surface area contributed by atoms with Crippen LogP contribution in [0.2, 0.25) is 0 Å². The summed E-state index contributed by atoms with van der Waals surface area (Å²) in [7, 11) is 0. The van der Waals surface area contributed by atoms with Crippen LogP contribution in [0.5, 0.6) is 0 Å². The highest BCUT2D eigenvalue weighted by molar-refractivity contribution is 5.17. The van der Waals surface area contributed by atoms with E-state index in [2.05, 4.69) is 65.6 Å². The Labute approximate surface area is 140 Å². The highest BCUT2D eigenvalue weighted by Gasteiger charge is 2.07. The van der Waals surface area contributed by atoms with Crippen LogP contribution in [0.3, 0.4) is 0 Å². The van der Waals surface area contributed by atoms with Gasteiger partial charge < -0.3 is 5.11 Å². The fourth-order valence-corrected chi connectivity index (χ4v) is 2.87. The van der Waals surface area contributed by atoms with Gasteiger partial charge in [0.15, 0.2) is 0 Å². The second-order valence-corrected chi connectivity index (χ2v) is 6.17. The summed E-state index contributed by atoms with van der Waals surface area (Å²) in [5.74, 6) is 0. The molecule has 0 fully saturated rings. The van der Waals surface area contributed by atoms with Crippen LogP contribution in [0.15, 0.2) is 60.7 Å². The lowest BCUT2D eigenvalue weighted by atomic mass is 10.1. The van der Waals surface area contributed by atoms with Crippen LogP contribution in [0, 0.1) is 0 Å². The normalized spacial score (nSPS) is 11.0. The molecule has 0 bridgehead atoms. The number of hydrogen-bond donors (Lipinski definition) is 1. The average Bonchev–Trinajstić information content (AvgIpc) is 2.60. The second kappa shape index (κ2) is 11.0. The molecule has 0 amide bonds. The maximum atomic E-state index is 8.83. The third-order valence-corrected chi connectivity index (χ3v) is 4.13. The van der Waals surface area contributed by atoms with Crippen molar-refractivity contribution in [2.24, 2.45) is 0 Å². The summed E-state index contributed by atoms with van der Waals surface area (Å²) in [5.41, 5.74) is 2.76. The first kappa shape index (κ1) is 17.7. The molecular weight excluding hydrogens is 282 g/mol. The van der Waals surface area contributed by atoms with Gasteiger partial charge in [0.05, 0.1) is 0 Å². The molecule has 0 saturated carbocycles. The number of hydrogen-bond acceptors (Lipinski definition) is 2. The van der Waals surface area contributed by atoms with Crippen molar-refractivity contribution >= 4 is 0 Å². The van der Waals surface area contributed by atoms with E-state index < -0.39 is 0 Å². The Balaban J connectivity index is 1.83. The highest BCUT2D eigenvalue weighted by atomic mass is 16.2. The van der Waals surface area contributed by atoms with Gasteiger partial charge in [-0.1, -0.05) is 79.9 Å². The van der Waals surface area contributed by atoms with Gasteiger partial charge in [-0.05, 0) is 30.5 Å². The number of rotatable bonds is 11. The van der Waals surface area contributed by atoms with Crippen LogP contribution >= 0.6 is 0 Å². The number of aliphatic hydroxyl groups is 1. The summed E-state index contributed by atoms with van der Waals surface area (Å²) in [5, 5.41) is 8.83. The minimum atomic E-state index is 0.328. The van der Waals surface area contributed by atoms with E-state index in [1.807, 2.05) is 0 Å². The molecular formula is C21H29NO. The third-order valence-electron chi connectivity index (χ3n) is 4.13. The molecule has 1 N–H and O–H groups in total. The summed E-state index contributed by atoms with van der Waals surface area (Å²) in [6.07, 6.45) is 5.79. The molecule has 2 heteroatoms. The Morgan fingerprint density at radius 2 is 1.09 bits per heavy atom. The van der Waals surface area contributed by atoms with E-state index in [1.165, 1.54) is 30.4 Å². The van der Waals surface area contributed by atoms with Gasteiger partial charge in [0.25, 0.3) is 0 Å². The Kier molecular flexibility index (Phi) is 8.46. The van der Waals surface area contributed by atoms with Crippen LogP contribution in [0.4, 0.5) is 0 Å².